The predicted molar refractivity (Wildman–Crippen MR) is 139 cm³/mol. The molecule has 0 spiro atoms. The minimum absolute atomic E-state index is 0.121. The van der Waals surface area contributed by atoms with E-state index in [1.54, 1.807) is 17.7 Å². The Hall–Kier alpha value is -4.83. The quantitative estimate of drug-likeness (QED) is 0.281. The lowest BCUT2D eigenvalue weighted by molar-refractivity contribution is 0.0947. The van der Waals surface area contributed by atoms with Crippen LogP contribution >= 0.6 is 11.3 Å². The Bertz CT molecular complexity index is 1730. The van der Waals surface area contributed by atoms with Crippen LogP contribution in [-0.4, -0.2) is 42.1 Å². The molecule has 0 aliphatic rings. The van der Waals surface area contributed by atoms with Gasteiger partial charge >= 0.3 is 0 Å². The summed E-state index contributed by atoms with van der Waals surface area (Å²) < 4.78 is 1.59. The zero-order valence-corrected chi connectivity index (χ0v) is 19.8. The largest absolute Gasteiger partial charge is 0.293 e. The van der Waals surface area contributed by atoms with Crippen LogP contribution in [0.4, 0.5) is 0 Å². The first kappa shape index (κ1) is 21.7. The normalized spacial score (nSPS) is 11.5. The lowest BCUT2D eigenvalue weighted by atomic mass is 9.97. The van der Waals surface area contributed by atoms with Gasteiger partial charge in [0.2, 0.25) is 5.65 Å². The summed E-state index contributed by atoms with van der Waals surface area (Å²) in [5.74, 6) is -0.478. The van der Waals surface area contributed by atoms with E-state index in [4.69, 9.17) is 0 Å². The molecule has 4 aromatic heterocycles. The summed E-state index contributed by atoms with van der Waals surface area (Å²) in [6.45, 7) is 1.76. The van der Waals surface area contributed by atoms with Gasteiger partial charge in [0.05, 0.1) is 17.3 Å². The molecular weight excluding hydrogens is 472 g/mol. The number of nitrogens with one attached hydrogen (secondary N) is 1. The molecule has 2 aromatic carbocycles. The summed E-state index contributed by atoms with van der Waals surface area (Å²) in [4.78, 5) is 13.7. The van der Waals surface area contributed by atoms with Crippen molar-refractivity contribution in [2.75, 3.05) is 0 Å². The molecule has 0 aliphatic carbocycles. The number of nitrogens with zero attached hydrogens (tertiary/aromatic N) is 7. The topological polar surface area (TPSA) is 110 Å². The molecule has 6 rings (SSSR count). The van der Waals surface area contributed by atoms with Crippen molar-refractivity contribution < 1.29 is 4.79 Å². The van der Waals surface area contributed by atoms with Crippen LogP contribution in [0.1, 0.15) is 21.1 Å². The maximum Gasteiger partial charge on any atom is 0.293 e. The van der Waals surface area contributed by atoms with Gasteiger partial charge in [0, 0.05) is 16.0 Å². The van der Waals surface area contributed by atoms with Crippen molar-refractivity contribution in [2.24, 2.45) is 5.10 Å². The summed E-state index contributed by atoms with van der Waals surface area (Å²) in [6, 6.07) is 23.6. The molecule has 0 saturated heterocycles. The molecule has 4 heterocycles. The van der Waals surface area contributed by atoms with Crippen molar-refractivity contribution in [3.8, 4) is 22.4 Å². The number of aryl methyl sites for hydroxylation is 1. The molecule has 1 amide bonds. The summed E-state index contributed by atoms with van der Waals surface area (Å²) in [5, 5.41) is 28.9. The Morgan fingerprint density at radius 2 is 1.67 bits per heavy atom. The van der Waals surface area contributed by atoms with E-state index in [1.807, 2.05) is 78.2 Å². The highest BCUT2D eigenvalue weighted by atomic mass is 32.1. The smallest absolute Gasteiger partial charge is 0.265 e. The van der Waals surface area contributed by atoms with Crippen LogP contribution in [0.25, 0.3) is 39.1 Å². The van der Waals surface area contributed by atoms with E-state index in [1.165, 1.54) is 11.3 Å². The number of benzene rings is 2. The van der Waals surface area contributed by atoms with E-state index in [0.29, 0.717) is 28.1 Å². The number of aromatic nitrogens is 6. The number of carbonyl (C=O) groups excluding carboxylic acids is 1. The Balaban J connectivity index is 1.50. The molecule has 10 heteroatoms. The van der Waals surface area contributed by atoms with Crippen LogP contribution in [0.2, 0.25) is 0 Å². The zero-order chi connectivity index (χ0) is 24.5. The first-order valence-corrected chi connectivity index (χ1v) is 12.0. The van der Waals surface area contributed by atoms with E-state index >= 15 is 0 Å². The van der Waals surface area contributed by atoms with Gasteiger partial charge in [-0.1, -0.05) is 66.7 Å². The summed E-state index contributed by atoms with van der Waals surface area (Å²) in [7, 11) is 0. The summed E-state index contributed by atoms with van der Waals surface area (Å²) in [6.07, 6.45) is 1.58. The second-order valence-electron chi connectivity index (χ2n) is 7.94. The molecule has 0 fully saturated rings. The number of amides is 1. The van der Waals surface area contributed by atoms with Crippen molar-refractivity contribution in [3.63, 3.8) is 0 Å². The van der Waals surface area contributed by atoms with Gasteiger partial charge in [0.1, 0.15) is 5.69 Å². The van der Waals surface area contributed by atoms with E-state index in [0.717, 1.165) is 21.6 Å². The Kier molecular flexibility index (Phi) is 5.47. The van der Waals surface area contributed by atoms with Crippen LogP contribution in [0.15, 0.2) is 83.3 Å². The molecule has 1 N–H and O–H groups in total. The third kappa shape index (κ3) is 3.79. The SMILES string of the molecule is Cc1c(C(=O)N/N=C/c2cccs2)nnc2c3c(-c4ccccc4)c(-c4ccccc4)nnc3nn12. The van der Waals surface area contributed by atoms with Gasteiger partial charge in [0.25, 0.3) is 5.91 Å². The number of hydrogen-bond donors (Lipinski definition) is 1. The molecular formula is C26H18N8OS. The monoisotopic (exact) mass is 490 g/mol. The highest BCUT2D eigenvalue weighted by molar-refractivity contribution is 7.11. The zero-order valence-electron chi connectivity index (χ0n) is 19.0. The number of thiophene rings is 1. The van der Waals surface area contributed by atoms with Crippen LogP contribution in [0.3, 0.4) is 0 Å². The molecule has 0 radical (unpaired) electrons. The number of hydrogen-bond acceptors (Lipinski definition) is 8. The minimum atomic E-state index is -0.478. The van der Waals surface area contributed by atoms with Crippen LogP contribution < -0.4 is 5.43 Å². The van der Waals surface area contributed by atoms with E-state index in [9.17, 15) is 4.79 Å². The standard InChI is InChI=1S/C26H18N8OS/c1-16-22(26(35)32-27-15-19-13-8-14-36-19)28-31-25-21-20(17-9-4-2-5-10-17)23(18-11-6-3-7-12-18)29-30-24(21)33-34(16)25/h2-15H,1H3,(H,32,35)/b27-15+. The second kappa shape index (κ2) is 9.08. The van der Waals surface area contributed by atoms with Gasteiger partial charge in [-0.2, -0.15) is 5.10 Å². The van der Waals surface area contributed by atoms with Crippen LogP contribution in [0.5, 0.6) is 0 Å². The Morgan fingerprint density at radius 1 is 0.917 bits per heavy atom. The van der Waals surface area contributed by atoms with Crippen molar-refractivity contribution in [1.29, 1.82) is 0 Å². The van der Waals surface area contributed by atoms with Crippen molar-refractivity contribution in [3.05, 3.63) is 94.4 Å². The lowest BCUT2D eigenvalue weighted by Gasteiger charge is -2.10. The Labute approximate surface area is 209 Å². The van der Waals surface area contributed by atoms with Gasteiger partial charge < -0.3 is 0 Å². The van der Waals surface area contributed by atoms with Gasteiger partial charge in [-0.25, -0.2) is 9.94 Å². The van der Waals surface area contributed by atoms with Gasteiger partial charge in [-0.15, -0.1) is 36.8 Å². The van der Waals surface area contributed by atoms with Gasteiger partial charge in [-0.3, -0.25) is 4.79 Å². The van der Waals surface area contributed by atoms with Gasteiger partial charge in [0.15, 0.2) is 11.3 Å². The number of hydrazone groups is 1. The average Bonchev–Trinajstić information content (AvgIpc) is 3.58. The number of fused-ring (bicyclic) bond motifs is 3. The lowest BCUT2D eigenvalue weighted by Crippen LogP contribution is -2.22. The highest BCUT2D eigenvalue weighted by Gasteiger charge is 2.23. The predicted octanol–water partition coefficient (Wildman–Crippen LogP) is 4.54. The fourth-order valence-corrected chi connectivity index (χ4v) is 4.60. The van der Waals surface area contributed by atoms with E-state index in [-0.39, 0.29) is 5.69 Å². The molecule has 0 unspecified atom stereocenters. The highest BCUT2D eigenvalue weighted by Crippen LogP contribution is 2.37. The molecule has 6 aromatic rings. The summed E-state index contributed by atoms with van der Waals surface area (Å²) >= 11 is 1.52. The fraction of sp³-hybridized carbons (Fsp3) is 0.0385. The molecule has 0 atom stereocenters. The van der Waals surface area contributed by atoms with Gasteiger partial charge in [-0.05, 0) is 23.9 Å². The van der Waals surface area contributed by atoms with Crippen molar-refractivity contribution in [2.45, 2.75) is 6.92 Å². The first-order chi connectivity index (χ1) is 17.7. The second-order valence-corrected chi connectivity index (χ2v) is 8.92. The molecule has 0 saturated carbocycles. The fourth-order valence-electron chi connectivity index (χ4n) is 4.02. The third-order valence-corrected chi connectivity index (χ3v) is 6.51. The van der Waals surface area contributed by atoms with Crippen LogP contribution in [-0.2, 0) is 0 Å². The molecule has 0 aliphatic heterocycles. The van der Waals surface area contributed by atoms with E-state index < -0.39 is 5.91 Å². The molecule has 36 heavy (non-hydrogen) atoms. The van der Waals surface area contributed by atoms with Crippen LogP contribution in [0, 0.1) is 6.92 Å². The Morgan fingerprint density at radius 3 is 2.39 bits per heavy atom. The van der Waals surface area contributed by atoms with E-state index in [2.05, 4.69) is 36.0 Å². The maximum absolute atomic E-state index is 12.8. The average molecular weight is 491 g/mol. The molecule has 0 bridgehead atoms. The first-order valence-electron chi connectivity index (χ1n) is 11.1. The van der Waals surface area contributed by atoms with Crippen molar-refractivity contribution in [1.82, 2.24) is 35.4 Å². The number of rotatable bonds is 5. The number of carbonyl (C=O) groups is 1. The minimum Gasteiger partial charge on any atom is -0.265 e. The molecule has 9 nitrogen and oxygen atoms in total. The van der Waals surface area contributed by atoms with Crippen molar-refractivity contribution >= 4 is 40.1 Å². The third-order valence-electron chi connectivity index (χ3n) is 5.71. The summed E-state index contributed by atoms with van der Waals surface area (Å²) in [5.41, 5.74) is 7.51. The maximum atomic E-state index is 12.8. The molecule has 174 valence electrons.